The van der Waals surface area contributed by atoms with E-state index in [9.17, 15) is 4.79 Å². The average Bonchev–Trinajstić information content (AvgIpc) is 3.37. The maximum absolute atomic E-state index is 12.0. The van der Waals surface area contributed by atoms with Crippen molar-refractivity contribution in [3.8, 4) is 0 Å². The highest BCUT2D eigenvalue weighted by molar-refractivity contribution is 14.0. The van der Waals surface area contributed by atoms with Crippen LogP contribution in [0.15, 0.2) is 27.8 Å². The summed E-state index contributed by atoms with van der Waals surface area (Å²) in [6, 6.07) is 4.20. The highest BCUT2D eigenvalue weighted by Crippen LogP contribution is 2.54. The van der Waals surface area contributed by atoms with E-state index in [0.29, 0.717) is 24.7 Å². The number of nitrogens with one attached hydrogen (secondary N) is 2. The number of ether oxygens (including phenoxy) is 1. The third-order valence-corrected chi connectivity index (χ3v) is 6.11. The lowest BCUT2D eigenvalue weighted by Gasteiger charge is -2.54. The average molecular weight is 518 g/mol. The van der Waals surface area contributed by atoms with Crippen molar-refractivity contribution in [2.45, 2.75) is 57.6 Å². The molecule has 0 bridgehead atoms. The van der Waals surface area contributed by atoms with Gasteiger partial charge in [0.1, 0.15) is 12.3 Å². The zero-order chi connectivity index (χ0) is 20.0. The smallest absolute Gasteiger partial charge is 0.243 e. The second-order valence-electron chi connectivity index (χ2n) is 8.03. The Kier molecular flexibility index (Phi) is 9.26. The van der Waals surface area contributed by atoms with Gasteiger partial charge < -0.3 is 24.7 Å². The Bertz CT molecular complexity index is 657. The number of hydrogen-bond acceptors (Lipinski definition) is 4. The zero-order valence-electron chi connectivity index (χ0n) is 17.8. The first-order valence-electron chi connectivity index (χ1n) is 10.4. The Morgan fingerprint density at radius 3 is 2.76 bits per heavy atom. The van der Waals surface area contributed by atoms with Gasteiger partial charge in [-0.25, -0.2) is 4.99 Å². The Labute approximate surface area is 191 Å². The third-order valence-electron chi connectivity index (χ3n) is 6.11. The van der Waals surface area contributed by atoms with Crippen LogP contribution in [-0.4, -0.2) is 62.7 Å². The molecule has 0 aliphatic heterocycles. The fourth-order valence-corrected chi connectivity index (χ4v) is 4.45. The number of hydrogen-bond donors (Lipinski definition) is 2. The van der Waals surface area contributed by atoms with Crippen molar-refractivity contribution in [1.82, 2.24) is 15.5 Å². The van der Waals surface area contributed by atoms with Gasteiger partial charge in [-0.05, 0) is 38.3 Å². The molecule has 7 nitrogen and oxygen atoms in total. The number of rotatable bonds is 8. The molecule has 3 rings (SSSR count). The summed E-state index contributed by atoms with van der Waals surface area (Å²) in [4.78, 5) is 18.1. The molecule has 0 saturated heterocycles. The predicted molar refractivity (Wildman–Crippen MR) is 125 cm³/mol. The summed E-state index contributed by atoms with van der Waals surface area (Å²) in [5.74, 6) is 1.63. The van der Waals surface area contributed by atoms with E-state index in [-0.39, 0.29) is 41.8 Å². The quantitative estimate of drug-likeness (QED) is 0.315. The van der Waals surface area contributed by atoms with Gasteiger partial charge in [0.25, 0.3) is 0 Å². The molecule has 0 aromatic carbocycles. The van der Waals surface area contributed by atoms with Crippen molar-refractivity contribution >= 4 is 35.8 Å². The molecular formula is C21H35IN4O3. The van der Waals surface area contributed by atoms with Gasteiger partial charge in [0, 0.05) is 45.1 Å². The maximum Gasteiger partial charge on any atom is 0.243 e. The molecule has 1 spiro atoms. The molecule has 1 aromatic heterocycles. The molecule has 29 heavy (non-hydrogen) atoms. The topological polar surface area (TPSA) is 79.1 Å². The number of halogens is 1. The molecule has 0 radical (unpaired) electrons. The monoisotopic (exact) mass is 518 g/mol. The summed E-state index contributed by atoms with van der Waals surface area (Å²) in [7, 11) is 3.50. The molecule has 2 atom stereocenters. The first-order valence-corrected chi connectivity index (χ1v) is 10.4. The summed E-state index contributed by atoms with van der Waals surface area (Å²) in [6.45, 7) is 3.67. The minimum absolute atomic E-state index is 0. The zero-order valence-corrected chi connectivity index (χ0v) is 20.1. The minimum Gasteiger partial charge on any atom is -0.469 e. The summed E-state index contributed by atoms with van der Waals surface area (Å²) < 4.78 is 11.4. The van der Waals surface area contributed by atoms with Crippen molar-refractivity contribution in [3.63, 3.8) is 0 Å². The van der Waals surface area contributed by atoms with Gasteiger partial charge in [0.05, 0.1) is 12.4 Å². The van der Waals surface area contributed by atoms with Crippen molar-refractivity contribution in [1.29, 1.82) is 0 Å². The molecular weight excluding hydrogens is 483 g/mol. The van der Waals surface area contributed by atoms with Crippen LogP contribution in [-0.2, 0) is 16.0 Å². The van der Waals surface area contributed by atoms with E-state index in [1.807, 2.05) is 12.1 Å². The number of likely N-dealkylation sites (N-methyl/N-ethyl adjacent to an activating group) is 1. The molecule has 2 aliphatic carbocycles. The molecule has 1 heterocycles. The van der Waals surface area contributed by atoms with Crippen molar-refractivity contribution < 1.29 is 13.9 Å². The van der Waals surface area contributed by atoms with Gasteiger partial charge >= 0.3 is 0 Å². The Balaban J connectivity index is 0.00000300. The van der Waals surface area contributed by atoms with Crippen LogP contribution in [0, 0.1) is 5.41 Å². The number of aliphatic imine (C=N–C) groups is 1. The summed E-state index contributed by atoms with van der Waals surface area (Å²) in [5.41, 5.74) is 0.213. The van der Waals surface area contributed by atoms with Crippen molar-refractivity contribution in [2.24, 2.45) is 10.4 Å². The number of carbonyl (C=O) groups is 1. The van der Waals surface area contributed by atoms with E-state index in [1.54, 1.807) is 25.3 Å². The second kappa shape index (κ2) is 11.2. The van der Waals surface area contributed by atoms with Crippen LogP contribution in [0.25, 0.3) is 0 Å². The van der Waals surface area contributed by atoms with Crippen LogP contribution in [0.1, 0.15) is 44.8 Å². The molecule has 2 unspecified atom stereocenters. The second-order valence-corrected chi connectivity index (χ2v) is 8.03. The molecule has 1 aromatic rings. The predicted octanol–water partition coefficient (Wildman–Crippen LogP) is 2.80. The number of guanidine groups is 1. The minimum atomic E-state index is -0.0106. The molecule has 8 heteroatoms. The van der Waals surface area contributed by atoms with E-state index in [1.165, 1.54) is 25.7 Å². The van der Waals surface area contributed by atoms with Gasteiger partial charge in [0.2, 0.25) is 5.91 Å². The Morgan fingerprint density at radius 2 is 2.14 bits per heavy atom. The molecule has 2 aliphatic rings. The van der Waals surface area contributed by atoms with Crippen LogP contribution in [0.4, 0.5) is 0 Å². The molecule has 2 fully saturated rings. The Morgan fingerprint density at radius 1 is 1.38 bits per heavy atom. The normalized spacial score (nSPS) is 22.7. The first kappa shape index (κ1) is 24.0. The van der Waals surface area contributed by atoms with E-state index in [0.717, 1.165) is 25.2 Å². The summed E-state index contributed by atoms with van der Waals surface area (Å²) in [5, 5.41) is 6.98. The maximum atomic E-state index is 12.0. The van der Waals surface area contributed by atoms with Crippen LogP contribution >= 0.6 is 24.0 Å². The first-order chi connectivity index (χ1) is 13.5. The lowest BCUT2D eigenvalue weighted by atomic mass is 9.60. The highest BCUT2D eigenvalue weighted by atomic mass is 127. The van der Waals surface area contributed by atoms with Crippen LogP contribution in [0.5, 0.6) is 0 Å². The van der Waals surface area contributed by atoms with Crippen molar-refractivity contribution in [3.05, 3.63) is 24.2 Å². The lowest BCUT2D eigenvalue weighted by Crippen LogP contribution is -2.65. The van der Waals surface area contributed by atoms with Gasteiger partial charge in [-0.2, -0.15) is 0 Å². The van der Waals surface area contributed by atoms with Crippen LogP contribution in [0.2, 0.25) is 0 Å². The molecule has 2 N–H and O–H groups in total. The lowest BCUT2D eigenvalue weighted by molar-refractivity contribution is -0.127. The number of nitrogens with zero attached hydrogens (tertiary/aromatic N) is 2. The number of amides is 1. The summed E-state index contributed by atoms with van der Waals surface area (Å²) in [6.07, 6.45) is 8.71. The number of furan rings is 1. The third kappa shape index (κ3) is 5.87. The Hall–Kier alpha value is -1.29. The largest absolute Gasteiger partial charge is 0.469 e. The molecule has 164 valence electrons. The van der Waals surface area contributed by atoms with E-state index < -0.39 is 0 Å². The highest BCUT2D eigenvalue weighted by Gasteiger charge is 2.56. The number of carbonyl (C=O) groups excluding carboxylic acids is 1. The van der Waals surface area contributed by atoms with Crippen molar-refractivity contribution in [2.75, 3.05) is 33.8 Å². The van der Waals surface area contributed by atoms with Gasteiger partial charge in [-0.15, -0.1) is 24.0 Å². The molecule has 1 amide bonds. The van der Waals surface area contributed by atoms with E-state index in [2.05, 4.69) is 22.5 Å². The SMILES string of the molecule is CCOC1CC(NC(=NCC(=O)N(C)C)NCCc2ccco2)C12CCCC2.I. The van der Waals surface area contributed by atoms with Crippen LogP contribution < -0.4 is 10.6 Å². The van der Waals surface area contributed by atoms with Gasteiger partial charge in [-0.3, -0.25) is 4.79 Å². The van der Waals surface area contributed by atoms with E-state index >= 15 is 0 Å². The van der Waals surface area contributed by atoms with Crippen LogP contribution in [0.3, 0.4) is 0 Å². The fourth-order valence-electron chi connectivity index (χ4n) is 4.45. The van der Waals surface area contributed by atoms with Gasteiger partial charge in [-0.1, -0.05) is 12.8 Å². The fraction of sp³-hybridized carbons (Fsp3) is 0.714. The summed E-state index contributed by atoms with van der Waals surface area (Å²) >= 11 is 0. The van der Waals surface area contributed by atoms with Gasteiger partial charge in [0.15, 0.2) is 5.96 Å². The van der Waals surface area contributed by atoms with E-state index in [4.69, 9.17) is 9.15 Å². The molecule has 2 saturated carbocycles. The standard InChI is InChI=1S/C21H34N4O3.HI/c1-4-27-18-14-17(21(18)10-5-6-11-21)24-20(23-15-19(26)25(2)3)22-12-9-16-8-7-13-28-16;/h7-8,13,17-18H,4-6,9-12,14-15H2,1-3H3,(H2,22,23,24);1H.